The largest absolute Gasteiger partial charge is 0.493 e. The zero-order valence-corrected chi connectivity index (χ0v) is 13.5. The van der Waals surface area contributed by atoms with Gasteiger partial charge in [-0.3, -0.25) is 4.79 Å². The van der Waals surface area contributed by atoms with E-state index in [2.05, 4.69) is 12.2 Å². The molecule has 0 saturated carbocycles. The Labute approximate surface area is 135 Å². The Hall–Kier alpha value is -2.30. The Morgan fingerprint density at radius 3 is 2.83 bits per heavy atom. The molecular formula is C18H23NO4. The first-order valence-corrected chi connectivity index (χ1v) is 8.12. The molecule has 2 aromatic rings. The van der Waals surface area contributed by atoms with Crippen LogP contribution < -0.4 is 15.7 Å². The van der Waals surface area contributed by atoms with Gasteiger partial charge >= 0.3 is 5.63 Å². The highest BCUT2D eigenvalue weighted by Crippen LogP contribution is 2.19. The maximum absolute atomic E-state index is 11.6. The first kappa shape index (κ1) is 17.1. The van der Waals surface area contributed by atoms with Crippen LogP contribution in [0.3, 0.4) is 0 Å². The van der Waals surface area contributed by atoms with Crippen molar-refractivity contribution in [2.45, 2.75) is 39.0 Å². The lowest BCUT2D eigenvalue weighted by Crippen LogP contribution is -2.24. The van der Waals surface area contributed by atoms with Crippen molar-refractivity contribution in [3.63, 3.8) is 0 Å². The van der Waals surface area contributed by atoms with E-state index in [9.17, 15) is 9.59 Å². The van der Waals surface area contributed by atoms with Gasteiger partial charge in [0.15, 0.2) is 0 Å². The predicted molar refractivity (Wildman–Crippen MR) is 89.7 cm³/mol. The molecule has 0 saturated heterocycles. The number of carbonyl (C=O) groups is 1. The third-order valence-corrected chi connectivity index (χ3v) is 3.51. The van der Waals surface area contributed by atoms with Crippen LogP contribution in [0.15, 0.2) is 39.5 Å². The molecule has 124 valence electrons. The van der Waals surface area contributed by atoms with E-state index in [-0.39, 0.29) is 11.5 Å². The number of fused-ring (bicyclic) bond motifs is 1. The Kier molecular flexibility index (Phi) is 6.66. The van der Waals surface area contributed by atoms with Crippen LogP contribution in [0.5, 0.6) is 5.75 Å². The molecule has 1 heterocycles. The summed E-state index contributed by atoms with van der Waals surface area (Å²) in [6, 6.07) is 8.47. The summed E-state index contributed by atoms with van der Waals surface area (Å²) in [6.45, 7) is 3.33. The second kappa shape index (κ2) is 8.98. The number of hydrogen-bond donors (Lipinski definition) is 1. The van der Waals surface area contributed by atoms with Crippen LogP contribution in [0, 0.1) is 0 Å². The zero-order valence-electron chi connectivity index (χ0n) is 13.5. The van der Waals surface area contributed by atoms with E-state index < -0.39 is 0 Å². The van der Waals surface area contributed by atoms with Crippen LogP contribution in [-0.2, 0) is 4.79 Å². The molecule has 0 fully saturated rings. The Morgan fingerprint density at radius 2 is 2.00 bits per heavy atom. The van der Waals surface area contributed by atoms with Crippen molar-refractivity contribution in [3.8, 4) is 5.75 Å². The number of rotatable bonds is 9. The molecule has 1 N–H and O–H groups in total. The minimum atomic E-state index is -0.380. The summed E-state index contributed by atoms with van der Waals surface area (Å²) in [4.78, 5) is 22.8. The quantitative estimate of drug-likeness (QED) is 0.569. The van der Waals surface area contributed by atoms with Crippen LogP contribution in [0.1, 0.15) is 39.0 Å². The molecule has 5 heteroatoms. The Balaban J connectivity index is 1.72. The molecule has 0 aliphatic rings. The summed E-state index contributed by atoms with van der Waals surface area (Å²) in [5, 5.41) is 3.75. The van der Waals surface area contributed by atoms with E-state index in [4.69, 9.17) is 9.15 Å². The van der Waals surface area contributed by atoms with Crippen molar-refractivity contribution in [1.82, 2.24) is 5.32 Å². The number of hydrogen-bond acceptors (Lipinski definition) is 4. The highest BCUT2D eigenvalue weighted by Gasteiger charge is 2.03. The van der Waals surface area contributed by atoms with Crippen LogP contribution in [0.25, 0.3) is 11.0 Å². The maximum Gasteiger partial charge on any atom is 0.336 e. The summed E-state index contributed by atoms with van der Waals surface area (Å²) in [7, 11) is 0. The fourth-order valence-electron chi connectivity index (χ4n) is 2.24. The van der Waals surface area contributed by atoms with E-state index in [1.807, 2.05) is 12.1 Å². The van der Waals surface area contributed by atoms with Crippen LogP contribution in [0.4, 0.5) is 0 Å². The fraction of sp³-hybridized carbons (Fsp3) is 0.444. The third-order valence-electron chi connectivity index (χ3n) is 3.51. The molecule has 0 unspecified atom stereocenters. The molecule has 0 atom stereocenters. The lowest BCUT2D eigenvalue weighted by Gasteiger charge is -2.07. The van der Waals surface area contributed by atoms with Gasteiger partial charge in [0.25, 0.3) is 0 Å². The van der Waals surface area contributed by atoms with E-state index in [0.717, 1.165) is 31.2 Å². The number of unbranched alkanes of at least 4 members (excludes halogenated alkanes) is 2. The van der Waals surface area contributed by atoms with E-state index in [1.54, 1.807) is 12.1 Å². The van der Waals surface area contributed by atoms with E-state index in [0.29, 0.717) is 30.8 Å². The number of benzene rings is 1. The highest BCUT2D eigenvalue weighted by molar-refractivity contribution is 5.77. The molecule has 5 nitrogen and oxygen atoms in total. The topological polar surface area (TPSA) is 68.5 Å². The van der Waals surface area contributed by atoms with Crippen LogP contribution in [-0.4, -0.2) is 19.1 Å². The second-order valence-corrected chi connectivity index (χ2v) is 5.46. The summed E-state index contributed by atoms with van der Waals surface area (Å²) in [5.74, 6) is 0.699. The number of carbonyl (C=O) groups excluding carboxylic acids is 1. The molecule has 0 aliphatic heterocycles. The summed E-state index contributed by atoms with van der Waals surface area (Å²) in [6.07, 6.45) is 4.42. The lowest BCUT2D eigenvalue weighted by molar-refractivity contribution is -0.121. The van der Waals surface area contributed by atoms with Gasteiger partial charge in [-0.2, -0.15) is 0 Å². The SMILES string of the molecule is CCCCCNC(=O)CCCOc1ccc2ccc(=O)oc2c1. The van der Waals surface area contributed by atoms with Gasteiger partial charge in [-0.05, 0) is 31.0 Å². The zero-order chi connectivity index (χ0) is 16.5. The molecule has 0 spiro atoms. The summed E-state index contributed by atoms with van der Waals surface area (Å²) in [5.41, 5.74) is 0.123. The van der Waals surface area contributed by atoms with Crippen molar-refractivity contribution in [1.29, 1.82) is 0 Å². The van der Waals surface area contributed by atoms with Gasteiger partial charge in [-0.1, -0.05) is 19.8 Å². The first-order chi connectivity index (χ1) is 11.2. The van der Waals surface area contributed by atoms with Crippen molar-refractivity contribution < 1.29 is 13.9 Å². The molecule has 1 aromatic heterocycles. The van der Waals surface area contributed by atoms with Crippen LogP contribution in [0.2, 0.25) is 0 Å². The predicted octanol–water partition coefficient (Wildman–Crippen LogP) is 3.26. The summed E-state index contributed by atoms with van der Waals surface area (Å²) >= 11 is 0. The Morgan fingerprint density at radius 1 is 1.17 bits per heavy atom. The number of amides is 1. The van der Waals surface area contributed by atoms with Gasteiger partial charge in [0.2, 0.25) is 5.91 Å². The fourth-order valence-corrected chi connectivity index (χ4v) is 2.24. The third kappa shape index (κ3) is 5.77. The van der Waals surface area contributed by atoms with Crippen molar-refractivity contribution in [3.05, 3.63) is 40.8 Å². The average molecular weight is 317 g/mol. The van der Waals surface area contributed by atoms with Gasteiger partial charge in [0.05, 0.1) is 6.61 Å². The molecule has 2 rings (SSSR count). The molecule has 0 bridgehead atoms. The van der Waals surface area contributed by atoms with Crippen molar-refractivity contribution in [2.75, 3.05) is 13.2 Å². The second-order valence-electron chi connectivity index (χ2n) is 5.46. The van der Waals surface area contributed by atoms with Gasteiger partial charge in [-0.15, -0.1) is 0 Å². The highest BCUT2D eigenvalue weighted by atomic mass is 16.5. The van der Waals surface area contributed by atoms with Gasteiger partial charge in [-0.25, -0.2) is 4.79 Å². The smallest absolute Gasteiger partial charge is 0.336 e. The van der Waals surface area contributed by atoms with Crippen molar-refractivity contribution in [2.24, 2.45) is 0 Å². The number of nitrogens with one attached hydrogen (secondary N) is 1. The normalized spacial score (nSPS) is 10.7. The molecule has 1 amide bonds. The van der Waals surface area contributed by atoms with Gasteiger partial charge in [0, 0.05) is 30.5 Å². The molecule has 0 aliphatic carbocycles. The summed E-state index contributed by atoms with van der Waals surface area (Å²) < 4.78 is 10.7. The maximum atomic E-state index is 11.6. The standard InChI is InChI=1S/C18H23NO4/c1-2-3-4-11-19-17(20)6-5-12-22-15-9-7-14-8-10-18(21)23-16(14)13-15/h7-10,13H,2-6,11-12H2,1H3,(H,19,20). The minimum absolute atomic E-state index is 0.0641. The average Bonchev–Trinajstić information content (AvgIpc) is 2.55. The lowest BCUT2D eigenvalue weighted by atomic mass is 10.2. The number of ether oxygens (including phenoxy) is 1. The Bertz CT molecular complexity index is 693. The molecule has 23 heavy (non-hydrogen) atoms. The molecular weight excluding hydrogens is 294 g/mol. The van der Waals surface area contributed by atoms with Gasteiger partial charge in [0.1, 0.15) is 11.3 Å². The minimum Gasteiger partial charge on any atom is -0.493 e. The van der Waals surface area contributed by atoms with Crippen LogP contribution >= 0.6 is 0 Å². The van der Waals surface area contributed by atoms with E-state index in [1.165, 1.54) is 6.07 Å². The van der Waals surface area contributed by atoms with Gasteiger partial charge < -0.3 is 14.5 Å². The first-order valence-electron chi connectivity index (χ1n) is 8.12. The molecule has 1 aromatic carbocycles. The van der Waals surface area contributed by atoms with E-state index >= 15 is 0 Å². The monoisotopic (exact) mass is 317 g/mol. The molecule has 0 radical (unpaired) electrons. The van der Waals surface area contributed by atoms with Crippen molar-refractivity contribution >= 4 is 16.9 Å².